The number of ketones is 1. The van der Waals surface area contributed by atoms with E-state index >= 15 is 0 Å². The highest BCUT2D eigenvalue weighted by Gasteiger charge is 2.11. The van der Waals surface area contributed by atoms with E-state index in [1.807, 2.05) is 6.92 Å². The molecule has 0 heterocycles. The van der Waals surface area contributed by atoms with Crippen LogP contribution < -0.4 is 5.32 Å². The summed E-state index contributed by atoms with van der Waals surface area (Å²) in [6.45, 7) is 3.00. The number of aryl methyl sites for hydroxylation is 1. The van der Waals surface area contributed by atoms with Crippen LogP contribution in [0, 0.1) is 6.92 Å². The molecule has 0 radical (unpaired) electrons. The topological polar surface area (TPSA) is 72.5 Å². The van der Waals surface area contributed by atoms with Crippen LogP contribution in [0.4, 0.5) is 5.69 Å². The lowest BCUT2D eigenvalue weighted by Gasteiger charge is -2.06. The molecule has 0 aliphatic carbocycles. The Balaban J connectivity index is 1.92. The van der Waals surface area contributed by atoms with Crippen molar-refractivity contribution in [3.8, 4) is 0 Å². The van der Waals surface area contributed by atoms with E-state index in [1.165, 1.54) is 6.92 Å². The Bertz CT molecular complexity index is 718. The fraction of sp³-hybridized carbons (Fsp3) is 0.167. The monoisotopic (exact) mass is 311 g/mol. The summed E-state index contributed by atoms with van der Waals surface area (Å²) in [5.41, 5.74) is 2.46. The Morgan fingerprint density at radius 3 is 2.04 bits per heavy atom. The average Bonchev–Trinajstić information content (AvgIpc) is 2.53. The molecule has 2 rings (SSSR count). The maximum atomic E-state index is 12.0. The van der Waals surface area contributed by atoms with Gasteiger partial charge in [-0.2, -0.15) is 0 Å². The number of carbonyl (C=O) groups excluding carboxylic acids is 3. The molecule has 0 fully saturated rings. The molecule has 0 unspecified atom stereocenters. The third kappa shape index (κ3) is 4.78. The molecule has 2 aromatic carbocycles. The zero-order chi connectivity index (χ0) is 16.8. The second kappa shape index (κ2) is 7.35. The average molecular weight is 311 g/mol. The minimum atomic E-state index is -0.534. The van der Waals surface area contributed by atoms with E-state index in [9.17, 15) is 14.4 Å². The van der Waals surface area contributed by atoms with Gasteiger partial charge >= 0.3 is 5.97 Å². The number of benzene rings is 2. The number of Topliss-reactive ketones (excluding diaryl/α,β-unsaturated/α-hetero) is 1. The quantitative estimate of drug-likeness (QED) is 0.680. The number of amides is 1. The van der Waals surface area contributed by atoms with Gasteiger partial charge in [0.2, 0.25) is 5.91 Å². The van der Waals surface area contributed by atoms with Crippen molar-refractivity contribution < 1.29 is 19.1 Å². The molecular formula is C18H17NO4. The number of hydrogen-bond donors (Lipinski definition) is 1. The van der Waals surface area contributed by atoms with Crippen molar-refractivity contribution in [1.29, 1.82) is 0 Å². The first-order valence-electron chi connectivity index (χ1n) is 7.10. The summed E-state index contributed by atoms with van der Waals surface area (Å²) in [6.07, 6.45) is 0. The first-order chi connectivity index (χ1) is 11.0. The number of carbonyl (C=O) groups is 3. The fourth-order valence-electron chi connectivity index (χ4n) is 1.93. The molecule has 0 spiro atoms. The lowest BCUT2D eigenvalue weighted by Crippen LogP contribution is -2.14. The van der Waals surface area contributed by atoms with Crippen molar-refractivity contribution in [2.24, 2.45) is 0 Å². The van der Waals surface area contributed by atoms with E-state index in [-0.39, 0.29) is 18.3 Å². The molecule has 0 saturated heterocycles. The van der Waals surface area contributed by atoms with Gasteiger partial charge in [0.25, 0.3) is 0 Å². The summed E-state index contributed by atoms with van der Waals surface area (Å²) in [7, 11) is 0. The zero-order valence-electron chi connectivity index (χ0n) is 13.0. The second-order valence-electron chi connectivity index (χ2n) is 5.12. The molecule has 5 nitrogen and oxygen atoms in total. The number of ether oxygens (including phenoxy) is 1. The van der Waals surface area contributed by atoms with Crippen molar-refractivity contribution in [2.75, 3.05) is 11.9 Å². The van der Waals surface area contributed by atoms with Crippen LogP contribution in [-0.4, -0.2) is 24.3 Å². The van der Waals surface area contributed by atoms with E-state index in [1.54, 1.807) is 48.5 Å². The van der Waals surface area contributed by atoms with E-state index in [4.69, 9.17) is 4.74 Å². The zero-order valence-corrected chi connectivity index (χ0v) is 13.0. The summed E-state index contributed by atoms with van der Waals surface area (Å²) in [5, 5.41) is 2.61. The number of hydrogen-bond acceptors (Lipinski definition) is 4. The Morgan fingerprint density at radius 1 is 0.913 bits per heavy atom. The van der Waals surface area contributed by atoms with Gasteiger partial charge in [-0.25, -0.2) is 4.79 Å². The van der Waals surface area contributed by atoms with Gasteiger partial charge in [0.15, 0.2) is 12.4 Å². The van der Waals surface area contributed by atoms with Crippen molar-refractivity contribution >= 4 is 23.3 Å². The normalized spacial score (nSPS) is 10.0. The Hall–Kier alpha value is -2.95. The highest BCUT2D eigenvalue weighted by molar-refractivity contribution is 6.00. The number of anilines is 1. The second-order valence-corrected chi connectivity index (χ2v) is 5.12. The maximum absolute atomic E-state index is 12.0. The van der Waals surface area contributed by atoms with Crippen LogP contribution in [0.25, 0.3) is 0 Å². The van der Waals surface area contributed by atoms with E-state index in [0.29, 0.717) is 16.8 Å². The third-order valence-electron chi connectivity index (χ3n) is 3.15. The van der Waals surface area contributed by atoms with E-state index in [0.717, 1.165) is 5.56 Å². The summed E-state index contributed by atoms with van der Waals surface area (Å²) in [6, 6.07) is 13.3. The molecule has 1 amide bonds. The molecule has 0 atom stereocenters. The van der Waals surface area contributed by atoms with Gasteiger partial charge in [0.05, 0.1) is 5.56 Å². The Kier molecular flexibility index (Phi) is 5.25. The van der Waals surface area contributed by atoms with Gasteiger partial charge < -0.3 is 10.1 Å². The molecule has 0 aliphatic rings. The van der Waals surface area contributed by atoms with Crippen LogP contribution in [0.3, 0.4) is 0 Å². The minimum absolute atomic E-state index is 0.184. The van der Waals surface area contributed by atoms with E-state index < -0.39 is 5.97 Å². The van der Waals surface area contributed by atoms with Gasteiger partial charge in [-0.1, -0.05) is 17.7 Å². The van der Waals surface area contributed by atoms with Gasteiger partial charge in [-0.3, -0.25) is 9.59 Å². The summed E-state index contributed by atoms with van der Waals surface area (Å²) >= 11 is 0. The van der Waals surface area contributed by atoms with Gasteiger partial charge in [0.1, 0.15) is 0 Å². The Labute approximate surface area is 134 Å². The molecule has 118 valence electrons. The van der Waals surface area contributed by atoms with Crippen LogP contribution >= 0.6 is 0 Å². The SMILES string of the molecule is CC(=O)Nc1ccc(C(=O)COC(=O)c2ccc(C)cc2)cc1. The van der Waals surface area contributed by atoms with Gasteiger partial charge in [-0.05, 0) is 43.3 Å². The predicted octanol–water partition coefficient (Wildman–Crippen LogP) is 2.99. The highest BCUT2D eigenvalue weighted by atomic mass is 16.5. The smallest absolute Gasteiger partial charge is 0.338 e. The minimum Gasteiger partial charge on any atom is -0.454 e. The number of esters is 1. The fourth-order valence-corrected chi connectivity index (χ4v) is 1.93. The summed E-state index contributed by atoms with van der Waals surface area (Å²) in [5.74, 6) is -1.02. The van der Waals surface area contributed by atoms with Crippen LogP contribution in [0.15, 0.2) is 48.5 Å². The molecule has 5 heteroatoms. The van der Waals surface area contributed by atoms with Crippen molar-refractivity contribution in [2.45, 2.75) is 13.8 Å². The highest BCUT2D eigenvalue weighted by Crippen LogP contribution is 2.11. The van der Waals surface area contributed by atoms with Crippen LogP contribution in [-0.2, 0) is 9.53 Å². The summed E-state index contributed by atoms with van der Waals surface area (Å²) < 4.78 is 5.02. The van der Waals surface area contributed by atoms with Crippen LogP contribution in [0.1, 0.15) is 33.2 Å². The summed E-state index contributed by atoms with van der Waals surface area (Å²) in [4.78, 5) is 34.8. The molecule has 0 aromatic heterocycles. The first-order valence-corrected chi connectivity index (χ1v) is 7.10. The van der Waals surface area contributed by atoms with Crippen LogP contribution in [0.2, 0.25) is 0 Å². The van der Waals surface area contributed by atoms with Crippen LogP contribution in [0.5, 0.6) is 0 Å². The molecule has 0 saturated carbocycles. The number of nitrogens with one attached hydrogen (secondary N) is 1. The molecule has 23 heavy (non-hydrogen) atoms. The van der Waals surface area contributed by atoms with Crippen molar-refractivity contribution in [3.63, 3.8) is 0 Å². The molecule has 0 aliphatic heterocycles. The standard InChI is InChI=1S/C18H17NO4/c1-12-3-5-15(6-4-12)18(22)23-11-17(21)14-7-9-16(10-8-14)19-13(2)20/h3-10H,11H2,1-2H3,(H,19,20). The van der Waals surface area contributed by atoms with Crippen molar-refractivity contribution in [1.82, 2.24) is 0 Å². The maximum Gasteiger partial charge on any atom is 0.338 e. The third-order valence-corrected chi connectivity index (χ3v) is 3.15. The number of rotatable bonds is 5. The molecule has 0 bridgehead atoms. The lowest BCUT2D eigenvalue weighted by molar-refractivity contribution is -0.114. The van der Waals surface area contributed by atoms with Gasteiger partial charge in [0, 0.05) is 18.2 Å². The molecular weight excluding hydrogens is 294 g/mol. The lowest BCUT2D eigenvalue weighted by atomic mass is 10.1. The predicted molar refractivity (Wildman–Crippen MR) is 86.5 cm³/mol. The first kappa shape index (κ1) is 16.4. The molecule has 1 N–H and O–H groups in total. The van der Waals surface area contributed by atoms with Crippen molar-refractivity contribution in [3.05, 3.63) is 65.2 Å². The largest absolute Gasteiger partial charge is 0.454 e. The molecule has 2 aromatic rings. The van der Waals surface area contributed by atoms with Gasteiger partial charge in [-0.15, -0.1) is 0 Å². The van der Waals surface area contributed by atoms with E-state index in [2.05, 4.69) is 5.32 Å². The Morgan fingerprint density at radius 2 is 1.48 bits per heavy atom.